The van der Waals surface area contributed by atoms with E-state index in [2.05, 4.69) is 0 Å². The van der Waals surface area contributed by atoms with Crippen LogP contribution in [-0.4, -0.2) is 11.7 Å². The molecular formula is C20H16F3NO2S. The molecule has 1 atom stereocenters. The Bertz CT molecular complexity index is 931. The number of alkyl halides is 3. The molecule has 0 N–H and O–H groups in total. The van der Waals surface area contributed by atoms with Gasteiger partial charge in [-0.2, -0.15) is 13.2 Å². The van der Waals surface area contributed by atoms with Crippen LogP contribution in [0.25, 0.3) is 0 Å². The lowest BCUT2D eigenvalue weighted by molar-refractivity contribution is -0.137. The van der Waals surface area contributed by atoms with Crippen LogP contribution in [-0.2, 0) is 15.8 Å². The Morgan fingerprint density at radius 1 is 1.07 bits per heavy atom. The summed E-state index contributed by atoms with van der Waals surface area (Å²) in [5.74, 6) is -0.595. The van der Waals surface area contributed by atoms with Gasteiger partial charge in [-0.3, -0.25) is 14.5 Å². The Morgan fingerprint density at radius 3 is 2.59 bits per heavy atom. The standard InChI is InChI=1S/C20H16F3NO2S/c21-20(22,23)12-4-1-5-13(10-12)24-15-6-2-7-16(25)19(15)14(11-18(24)26)17-8-3-9-27-17/h1,3-5,8-10,14H,2,6-7,11H2. The number of thiophene rings is 1. The van der Waals surface area contributed by atoms with Crippen LogP contribution in [0.3, 0.4) is 0 Å². The molecule has 0 saturated heterocycles. The number of benzene rings is 1. The Balaban J connectivity index is 1.84. The summed E-state index contributed by atoms with van der Waals surface area (Å²) in [6.45, 7) is 0. The van der Waals surface area contributed by atoms with Crippen molar-refractivity contribution in [2.24, 2.45) is 0 Å². The van der Waals surface area contributed by atoms with E-state index in [0.717, 1.165) is 17.0 Å². The van der Waals surface area contributed by atoms with Crippen LogP contribution < -0.4 is 4.90 Å². The van der Waals surface area contributed by atoms with E-state index in [0.29, 0.717) is 30.5 Å². The van der Waals surface area contributed by atoms with Crippen molar-refractivity contribution in [3.05, 3.63) is 63.5 Å². The lowest BCUT2D eigenvalue weighted by Gasteiger charge is -2.38. The molecule has 140 valence electrons. The highest BCUT2D eigenvalue weighted by atomic mass is 32.1. The molecule has 1 unspecified atom stereocenters. The van der Waals surface area contributed by atoms with Gasteiger partial charge in [-0.1, -0.05) is 12.1 Å². The zero-order valence-corrected chi connectivity index (χ0v) is 15.1. The lowest BCUT2D eigenvalue weighted by atomic mass is 9.79. The maximum absolute atomic E-state index is 13.1. The number of carbonyl (C=O) groups is 2. The maximum atomic E-state index is 13.1. The number of halogens is 3. The van der Waals surface area contributed by atoms with Gasteiger partial charge in [0.1, 0.15) is 0 Å². The van der Waals surface area contributed by atoms with Gasteiger partial charge in [-0.15, -0.1) is 11.3 Å². The van der Waals surface area contributed by atoms with Gasteiger partial charge >= 0.3 is 6.18 Å². The fourth-order valence-electron chi connectivity index (χ4n) is 3.85. The third-order valence-electron chi connectivity index (χ3n) is 4.99. The number of Topliss-reactive ketones (excluding diaryl/α,β-unsaturated/α-hetero) is 1. The van der Waals surface area contributed by atoms with E-state index in [1.54, 1.807) is 0 Å². The van der Waals surface area contributed by atoms with Crippen molar-refractivity contribution in [1.29, 1.82) is 0 Å². The molecule has 7 heteroatoms. The summed E-state index contributed by atoms with van der Waals surface area (Å²) >= 11 is 1.49. The Morgan fingerprint density at radius 2 is 1.89 bits per heavy atom. The minimum atomic E-state index is -4.49. The molecule has 1 aromatic heterocycles. The smallest absolute Gasteiger partial charge is 0.294 e. The average molecular weight is 391 g/mol. The van der Waals surface area contributed by atoms with Crippen molar-refractivity contribution in [3.8, 4) is 0 Å². The number of anilines is 1. The van der Waals surface area contributed by atoms with Gasteiger partial charge in [0.05, 0.1) is 5.56 Å². The normalized spacial score (nSPS) is 20.9. The second-order valence-corrected chi connectivity index (χ2v) is 7.67. The van der Waals surface area contributed by atoms with E-state index in [-0.39, 0.29) is 29.7 Å². The molecule has 27 heavy (non-hydrogen) atoms. The lowest BCUT2D eigenvalue weighted by Crippen LogP contribution is -2.40. The minimum Gasteiger partial charge on any atom is -0.294 e. The maximum Gasteiger partial charge on any atom is 0.416 e. The van der Waals surface area contributed by atoms with Crippen molar-refractivity contribution in [2.75, 3.05) is 4.90 Å². The Kier molecular flexibility index (Phi) is 4.42. The van der Waals surface area contributed by atoms with Gasteiger partial charge in [0.25, 0.3) is 0 Å². The molecule has 1 aromatic carbocycles. The van der Waals surface area contributed by atoms with Crippen LogP contribution in [0.2, 0.25) is 0 Å². The predicted octanol–water partition coefficient (Wildman–Crippen LogP) is 5.29. The highest BCUT2D eigenvalue weighted by molar-refractivity contribution is 7.10. The van der Waals surface area contributed by atoms with E-state index in [4.69, 9.17) is 0 Å². The SMILES string of the molecule is O=C1CCCC2=C1C(c1cccs1)CC(=O)N2c1cccc(C(F)(F)F)c1. The van der Waals surface area contributed by atoms with Crippen LogP contribution in [0.4, 0.5) is 18.9 Å². The largest absolute Gasteiger partial charge is 0.416 e. The van der Waals surface area contributed by atoms with Crippen molar-refractivity contribution in [1.82, 2.24) is 0 Å². The summed E-state index contributed by atoms with van der Waals surface area (Å²) in [5.41, 5.74) is 0.500. The van der Waals surface area contributed by atoms with Gasteiger partial charge in [0, 0.05) is 40.6 Å². The third kappa shape index (κ3) is 3.20. The summed E-state index contributed by atoms with van der Waals surface area (Å²) in [6.07, 6.45) is -2.90. The highest BCUT2D eigenvalue weighted by Crippen LogP contribution is 2.45. The molecule has 4 rings (SSSR count). The predicted molar refractivity (Wildman–Crippen MR) is 96.5 cm³/mol. The molecule has 2 aromatic rings. The van der Waals surface area contributed by atoms with Crippen LogP contribution >= 0.6 is 11.3 Å². The quantitative estimate of drug-likeness (QED) is 0.697. The molecule has 1 aliphatic carbocycles. The number of ketones is 1. The van der Waals surface area contributed by atoms with Crippen molar-refractivity contribution >= 4 is 28.7 Å². The summed E-state index contributed by atoms with van der Waals surface area (Å²) < 4.78 is 39.3. The zero-order valence-electron chi connectivity index (χ0n) is 14.3. The van der Waals surface area contributed by atoms with Crippen LogP contribution in [0.1, 0.15) is 42.0 Å². The molecule has 1 amide bonds. The summed E-state index contributed by atoms with van der Waals surface area (Å²) in [4.78, 5) is 27.9. The van der Waals surface area contributed by atoms with Crippen LogP contribution in [0.5, 0.6) is 0 Å². The van der Waals surface area contributed by atoms with Gasteiger partial charge in [-0.25, -0.2) is 0 Å². The van der Waals surface area contributed by atoms with Crippen molar-refractivity contribution in [3.63, 3.8) is 0 Å². The number of hydrogen-bond acceptors (Lipinski definition) is 3. The first-order valence-electron chi connectivity index (χ1n) is 8.66. The summed E-state index contributed by atoms with van der Waals surface area (Å²) in [7, 11) is 0. The van der Waals surface area contributed by atoms with E-state index in [1.165, 1.54) is 28.4 Å². The zero-order chi connectivity index (χ0) is 19.2. The van der Waals surface area contributed by atoms with Gasteiger partial charge in [-0.05, 0) is 42.5 Å². The Hall–Kier alpha value is -2.41. The number of nitrogens with zero attached hydrogens (tertiary/aromatic N) is 1. The molecule has 1 aliphatic heterocycles. The van der Waals surface area contributed by atoms with E-state index < -0.39 is 11.7 Å². The molecular weight excluding hydrogens is 375 g/mol. The molecule has 2 aliphatic rings. The number of amides is 1. The minimum absolute atomic E-state index is 0.0147. The second-order valence-electron chi connectivity index (χ2n) is 6.69. The summed E-state index contributed by atoms with van der Waals surface area (Å²) in [6, 6.07) is 8.51. The van der Waals surface area contributed by atoms with Crippen molar-refractivity contribution < 1.29 is 22.8 Å². The molecule has 0 saturated carbocycles. The number of allylic oxidation sites excluding steroid dienone is 2. The first-order chi connectivity index (χ1) is 12.9. The van der Waals surface area contributed by atoms with Gasteiger partial charge < -0.3 is 0 Å². The Labute approximate surface area is 158 Å². The average Bonchev–Trinajstić information content (AvgIpc) is 3.15. The van der Waals surface area contributed by atoms with Gasteiger partial charge in [0.2, 0.25) is 5.91 Å². The van der Waals surface area contributed by atoms with Crippen molar-refractivity contribution in [2.45, 2.75) is 37.8 Å². The van der Waals surface area contributed by atoms with Crippen LogP contribution in [0, 0.1) is 0 Å². The number of hydrogen-bond donors (Lipinski definition) is 0. The molecule has 0 spiro atoms. The fraction of sp³-hybridized carbons (Fsp3) is 0.300. The topological polar surface area (TPSA) is 37.4 Å². The van der Waals surface area contributed by atoms with E-state index >= 15 is 0 Å². The number of carbonyl (C=O) groups excluding carboxylic acids is 2. The first kappa shape index (κ1) is 18.0. The van der Waals surface area contributed by atoms with E-state index in [9.17, 15) is 22.8 Å². The monoisotopic (exact) mass is 391 g/mol. The fourth-order valence-corrected chi connectivity index (χ4v) is 4.68. The van der Waals surface area contributed by atoms with E-state index in [1.807, 2.05) is 17.5 Å². The first-order valence-corrected chi connectivity index (χ1v) is 9.54. The molecule has 3 nitrogen and oxygen atoms in total. The molecule has 2 heterocycles. The summed E-state index contributed by atoms with van der Waals surface area (Å²) in [5, 5.41) is 1.90. The van der Waals surface area contributed by atoms with Gasteiger partial charge in [0.15, 0.2) is 5.78 Å². The second kappa shape index (κ2) is 6.64. The molecule has 0 bridgehead atoms. The molecule has 0 fully saturated rings. The van der Waals surface area contributed by atoms with Crippen LogP contribution in [0.15, 0.2) is 53.0 Å². The highest BCUT2D eigenvalue weighted by Gasteiger charge is 2.40. The number of rotatable bonds is 2. The molecule has 0 radical (unpaired) electrons. The third-order valence-corrected chi connectivity index (χ3v) is 5.98.